The molecular weight excluding hydrogens is 235 g/mol. The second-order valence-electron chi connectivity index (χ2n) is 2.98. The van der Waals surface area contributed by atoms with Crippen LogP contribution in [0.1, 0.15) is 24.2 Å². The number of carbonyl (C=O) groups excluding carboxylic acids is 1. The molecule has 15 heavy (non-hydrogen) atoms. The van der Waals surface area contributed by atoms with E-state index in [9.17, 15) is 4.79 Å². The Kier molecular flexibility index (Phi) is 4.36. The SMILES string of the molecule is CCN(CC)C(=O)c1cc(Cl)nc(Cl)c1. The summed E-state index contributed by atoms with van der Waals surface area (Å²) in [6, 6.07) is 3.04. The fourth-order valence-corrected chi connectivity index (χ4v) is 1.74. The van der Waals surface area contributed by atoms with Crippen molar-refractivity contribution in [3.8, 4) is 0 Å². The Morgan fingerprint density at radius 1 is 1.27 bits per heavy atom. The van der Waals surface area contributed by atoms with Crippen LogP contribution in [0.2, 0.25) is 10.3 Å². The zero-order valence-electron chi connectivity index (χ0n) is 8.63. The van der Waals surface area contributed by atoms with E-state index in [1.165, 1.54) is 12.1 Å². The molecule has 1 heterocycles. The molecule has 0 saturated heterocycles. The minimum absolute atomic E-state index is 0.0776. The number of pyridine rings is 1. The number of amides is 1. The Morgan fingerprint density at radius 3 is 2.13 bits per heavy atom. The van der Waals surface area contributed by atoms with Gasteiger partial charge in [0.05, 0.1) is 0 Å². The van der Waals surface area contributed by atoms with Gasteiger partial charge < -0.3 is 4.90 Å². The quantitative estimate of drug-likeness (QED) is 0.769. The van der Waals surface area contributed by atoms with Gasteiger partial charge in [-0.1, -0.05) is 23.2 Å². The molecule has 5 heteroatoms. The van der Waals surface area contributed by atoms with Gasteiger partial charge in [-0.25, -0.2) is 4.98 Å². The highest BCUT2D eigenvalue weighted by Crippen LogP contribution is 2.16. The van der Waals surface area contributed by atoms with Crippen molar-refractivity contribution >= 4 is 29.1 Å². The van der Waals surface area contributed by atoms with Gasteiger partial charge in [0.2, 0.25) is 0 Å². The molecule has 0 unspecified atom stereocenters. The molecule has 1 amide bonds. The van der Waals surface area contributed by atoms with Crippen molar-refractivity contribution in [1.82, 2.24) is 9.88 Å². The van der Waals surface area contributed by atoms with Crippen LogP contribution < -0.4 is 0 Å². The van der Waals surface area contributed by atoms with E-state index in [1.54, 1.807) is 4.90 Å². The number of hydrogen-bond acceptors (Lipinski definition) is 2. The van der Waals surface area contributed by atoms with Crippen LogP contribution in [0.4, 0.5) is 0 Å². The predicted molar refractivity (Wildman–Crippen MR) is 61.5 cm³/mol. The summed E-state index contributed by atoms with van der Waals surface area (Å²) in [5.41, 5.74) is 0.476. The molecule has 0 aliphatic rings. The van der Waals surface area contributed by atoms with Crippen molar-refractivity contribution < 1.29 is 4.79 Å². The summed E-state index contributed by atoms with van der Waals surface area (Å²) in [4.78, 5) is 17.4. The van der Waals surface area contributed by atoms with Crippen molar-refractivity contribution in [1.29, 1.82) is 0 Å². The van der Waals surface area contributed by atoms with Crippen molar-refractivity contribution in [2.45, 2.75) is 13.8 Å². The Hall–Kier alpha value is -0.800. The van der Waals surface area contributed by atoms with Crippen molar-refractivity contribution in [2.24, 2.45) is 0 Å². The van der Waals surface area contributed by atoms with Gasteiger partial charge in [0.15, 0.2) is 0 Å². The molecule has 0 spiro atoms. The van der Waals surface area contributed by atoms with Gasteiger partial charge in [-0.15, -0.1) is 0 Å². The minimum atomic E-state index is -0.0776. The van der Waals surface area contributed by atoms with Gasteiger partial charge in [0.1, 0.15) is 10.3 Å². The summed E-state index contributed by atoms with van der Waals surface area (Å²) >= 11 is 11.4. The number of rotatable bonds is 3. The first kappa shape index (κ1) is 12.3. The monoisotopic (exact) mass is 246 g/mol. The van der Waals surface area contributed by atoms with E-state index in [0.717, 1.165) is 0 Å². The molecule has 0 fully saturated rings. The van der Waals surface area contributed by atoms with Gasteiger partial charge in [0.25, 0.3) is 5.91 Å². The van der Waals surface area contributed by atoms with E-state index in [2.05, 4.69) is 4.98 Å². The second kappa shape index (κ2) is 5.33. The summed E-state index contributed by atoms with van der Waals surface area (Å²) < 4.78 is 0. The van der Waals surface area contributed by atoms with E-state index < -0.39 is 0 Å². The Labute approximate surface area is 99.0 Å². The van der Waals surface area contributed by atoms with Crippen LogP contribution in [-0.4, -0.2) is 28.9 Å². The number of carbonyl (C=O) groups is 1. The molecule has 0 saturated carbocycles. The highest BCUT2D eigenvalue weighted by atomic mass is 35.5. The molecule has 0 aromatic carbocycles. The molecule has 0 radical (unpaired) electrons. The normalized spacial score (nSPS) is 10.1. The largest absolute Gasteiger partial charge is 0.339 e. The third kappa shape index (κ3) is 3.08. The van der Waals surface area contributed by atoms with E-state index >= 15 is 0 Å². The minimum Gasteiger partial charge on any atom is -0.339 e. The lowest BCUT2D eigenvalue weighted by molar-refractivity contribution is 0.0773. The number of nitrogens with zero attached hydrogens (tertiary/aromatic N) is 2. The van der Waals surface area contributed by atoms with Crippen molar-refractivity contribution in [3.05, 3.63) is 28.0 Å². The molecule has 82 valence electrons. The maximum absolute atomic E-state index is 11.9. The Balaban J connectivity index is 3.00. The Morgan fingerprint density at radius 2 is 1.73 bits per heavy atom. The smallest absolute Gasteiger partial charge is 0.254 e. The fourth-order valence-electron chi connectivity index (χ4n) is 1.28. The van der Waals surface area contributed by atoms with E-state index in [-0.39, 0.29) is 16.2 Å². The topological polar surface area (TPSA) is 33.2 Å². The van der Waals surface area contributed by atoms with Crippen LogP contribution >= 0.6 is 23.2 Å². The standard InChI is InChI=1S/C10H12Cl2N2O/c1-3-14(4-2)10(15)7-5-8(11)13-9(12)6-7/h5-6H,3-4H2,1-2H3. The van der Waals surface area contributed by atoms with Crippen LogP contribution in [-0.2, 0) is 0 Å². The van der Waals surface area contributed by atoms with Crippen molar-refractivity contribution in [3.63, 3.8) is 0 Å². The second-order valence-corrected chi connectivity index (χ2v) is 3.75. The predicted octanol–water partition coefficient (Wildman–Crippen LogP) is 2.87. The third-order valence-corrected chi connectivity index (χ3v) is 2.45. The molecule has 0 bridgehead atoms. The molecule has 1 aromatic heterocycles. The first-order valence-corrected chi connectivity index (χ1v) is 5.46. The zero-order chi connectivity index (χ0) is 11.4. The molecule has 1 rings (SSSR count). The lowest BCUT2D eigenvalue weighted by atomic mass is 10.2. The highest BCUT2D eigenvalue weighted by molar-refractivity contribution is 6.33. The van der Waals surface area contributed by atoms with Crippen molar-refractivity contribution in [2.75, 3.05) is 13.1 Å². The van der Waals surface area contributed by atoms with E-state index in [1.807, 2.05) is 13.8 Å². The number of hydrogen-bond donors (Lipinski definition) is 0. The zero-order valence-corrected chi connectivity index (χ0v) is 10.1. The average Bonchev–Trinajstić information content (AvgIpc) is 2.18. The summed E-state index contributed by atoms with van der Waals surface area (Å²) in [5.74, 6) is -0.0776. The summed E-state index contributed by atoms with van der Waals surface area (Å²) in [6.07, 6.45) is 0. The lowest BCUT2D eigenvalue weighted by Gasteiger charge is -2.18. The van der Waals surface area contributed by atoms with E-state index in [4.69, 9.17) is 23.2 Å². The van der Waals surface area contributed by atoms with Crippen LogP contribution in [0, 0.1) is 0 Å². The van der Waals surface area contributed by atoms with Crippen LogP contribution in [0.25, 0.3) is 0 Å². The first-order valence-electron chi connectivity index (χ1n) is 4.70. The highest BCUT2D eigenvalue weighted by Gasteiger charge is 2.13. The molecule has 0 atom stereocenters. The summed E-state index contributed by atoms with van der Waals surface area (Å²) in [5, 5.41) is 0.469. The number of halogens is 2. The third-order valence-electron chi connectivity index (χ3n) is 2.06. The molecule has 0 aliphatic heterocycles. The molecule has 0 aliphatic carbocycles. The molecule has 0 N–H and O–H groups in total. The summed E-state index contributed by atoms with van der Waals surface area (Å²) in [6.45, 7) is 5.16. The van der Waals surface area contributed by atoms with Crippen LogP contribution in [0.15, 0.2) is 12.1 Å². The van der Waals surface area contributed by atoms with Crippen LogP contribution in [0.3, 0.4) is 0 Å². The van der Waals surface area contributed by atoms with Crippen LogP contribution in [0.5, 0.6) is 0 Å². The summed E-state index contributed by atoms with van der Waals surface area (Å²) in [7, 11) is 0. The van der Waals surface area contributed by atoms with Gasteiger partial charge >= 0.3 is 0 Å². The van der Waals surface area contributed by atoms with Gasteiger partial charge in [0, 0.05) is 18.7 Å². The lowest BCUT2D eigenvalue weighted by Crippen LogP contribution is -2.30. The fraction of sp³-hybridized carbons (Fsp3) is 0.400. The Bertz CT molecular complexity index is 344. The van der Waals surface area contributed by atoms with Gasteiger partial charge in [-0.2, -0.15) is 0 Å². The maximum atomic E-state index is 11.9. The molecular formula is C10H12Cl2N2O. The van der Waals surface area contributed by atoms with Gasteiger partial charge in [-0.3, -0.25) is 4.79 Å². The average molecular weight is 247 g/mol. The molecule has 1 aromatic rings. The van der Waals surface area contributed by atoms with E-state index in [0.29, 0.717) is 18.7 Å². The maximum Gasteiger partial charge on any atom is 0.254 e. The first-order chi connectivity index (χ1) is 7.08. The molecule has 3 nitrogen and oxygen atoms in total. The van der Waals surface area contributed by atoms with Gasteiger partial charge in [-0.05, 0) is 26.0 Å². The number of aromatic nitrogens is 1.